The van der Waals surface area contributed by atoms with Gasteiger partial charge in [0.2, 0.25) is 17.7 Å². The smallest absolute Gasteiger partial charge is 0.249 e. The van der Waals surface area contributed by atoms with E-state index in [1.165, 1.54) is 0 Å². The molecule has 2 rings (SSSR count). The molecule has 1 unspecified atom stereocenters. The number of amides is 3. The number of rotatable bonds is 2. The Balaban J connectivity index is 1.86. The van der Waals surface area contributed by atoms with E-state index in [1.54, 1.807) is 0 Å². The number of ether oxygens (including phenoxy) is 1. The lowest BCUT2D eigenvalue weighted by molar-refractivity contribution is -0.139. The maximum absolute atomic E-state index is 11.6. The molecule has 0 aliphatic carbocycles. The summed E-state index contributed by atoms with van der Waals surface area (Å²) in [5, 5.41) is 4.79. The Kier molecular flexibility index (Phi) is 3.19. The summed E-state index contributed by atoms with van der Waals surface area (Å²) < 4.78 is 5.20. The fourth-order valence-corrected chi connectivity index (χ4v) is 1.88. The molecule has 0 aromatic rings. The molecular weight excluding hydrogens is 212 g/mol. The maximum Gasteiger partial charge on any atom is 0.249 e. The van der Waals surface area contributed by atoms with Crippen LogP contribution in [-0.2, 0) is 19.1 Å². The van der Waals surface area contributed by atoms with Crippen LogP contribution in [0.25, 0.3) is 0 Å². The molecule has 0 radical (unpaired) electrons. The molecule has 0 spiro atoms. The lowest BCUT2D eigenvalue weighted by atomic mass is 10.1. The van der Waals surface area contributed by atoms with E-state index in [0.717, 1.165) is 6.42 Å². The lowest BCUT2D eigenvalue weighted by Gasteiger charge is -2.23. The molecule has 2 fully saturated rings. The van der Waals surface area contributed by atoms with Crippen LogP contribution in [0.3, 0.4) is 0 Å². The highest BCUT2D eigenvalue weighted by Gasteiger charge is 2.31. The Morgan fingerprint density at radius 2 is 2.19 bits per heavy atom. The number of carbonyl (C=O) groups is 3. The van der Waals surface area contributed by atoms with Gasteiger partial charge in [-0.15, -0.1) is 0 Å². The van der Waals surface area contributed by atoms with E-state index in [1.807, 2.05) is 0 Å². The monoisotopic (exact) mass is 226 g/mol. The summed E-state index contributed by atoms with van der Waals surface area (Å²) in [5.74, 6) is -0.970. The molecule has 2 aliphatic heterocycles. The summed E-state index contributed by atoms with van der Waals surface area (Å²) in [6, 6.07) is -0.602. The number of carbonyl (C=O) groups excluding carboxylic acids is 3. The molecule has 0 saturated carbocycles. The van der Waals surface area contributed by atoms with Crippen LogP contribution in [-0.4, -0.2) is 36.5 Å². The van der Waals surface area contributed by atoms with Gasteiger partial charge < -0.3 is 10.1 Å². The first kappa shape index (κ1) is 11.1. The summed E-state index contributed by atoms with van der Waals surface area (Å²) in [6.45, 7) is 0.591. The minimum absolute atomic E-state index is 0.257. The van der Waals surface area contributed by atoms with Gasteiger partial charge in [-0.25, -0.2) is 0 Å². The van der Waals surface area contributed by atoms with E-state index >= 15 is 0 Å². The van der Waals surface area contributed by atoms with Crippen LogP contribution in [0.1, 0.15) is 25.7 Å². The molecule has 6 heteroatoms. The normalized spacial score (nSPS) is 30.0. The van der Waals surface area contributed by atoms with Crippen LogP contribution in [0.2, 0.25) is 0 Å². The van der Waals surface area contributed by atoms with Crippen molar-refractivity contribution in [3.8, 4) is 0 Å². The van der Waals surface area contributed by atoms with E-state index < -0.39 is 18.1 Å². The number of piperidine rings is 1. The average Bonchev–Trinajstić information content (AvgIpc) is 2.75. The highest BCUT2D eigenvalue weighted by Crippen LogP contribution is 2.13. The quantitative estimate of drug-likeness (QED) is 0.597. The Morgan fingerprint density at radius 3 is 2.81 bits per heavy atom. The van der Waals surface area contributed by atoms with Crippen LogP contribution in [0.5, 0.6) is 0 Å². The van der Waals surface area contributed by atoms with E-state index in [4.69, 9.17) is 4.74 Å². The van der Waals surface area contributed by atoms with Crippen LogP contribution < -0.4 is 10.6 Å². The van der Waals surface area contributed by atoms with Gasteiger partial charge in [-0.2, -0.15) is 0 Å². The van der Waals surface area contributed by atoms with Crippen molar-refractivity contribution in [1.82, 2.24) is 10.6 Å². The molecule has 2 N–H and O–H groups in total. The molecule has 0 aromatic carbocycles. The molecule has 6 nitrogen and oxygen atoms in total. The van der Waals surface area contributed by atoms with Gasteiger partial charge in [0.25, 0.3) is 0 Å². The summed E-state index contributed by atoms with van der Waals surface area (Å²) in [6.07, 6.45) is 1.75. The Bertz CT molecular complexity index is 323. The zero-order valence-corrected chi connectivity index (χ0v) is 8.82. The maximum atomic E-state index is 11.6. The zero-order chi connectivity index (χ0) is 11.5. The van der Waals surface area contributed by atoms with Crippen molar-refractivity contribution in [3.63, 3.8) is 0 Å². The Labute approximate surface area is 92.7 Å². The molecule has 2 atom stereocenters. The number of nitrogens with one attached hydrogen (secondary N) is 2. The van der Waals surface area contributed by atoms with Crippen molar-refractivity contribution in [2.45, 2.75) is 37.8 Å². The first-order chi connectivity index (χ1) is 7.66. The number of imide groups is 1. The third-order valence-electron chi connectivity index (χ3n) is 2.78. The van der Waals surface area contributed by atoms with E-state index in [9.17, 15) is 14.4 Å². The second-order valence-electron chi connectivity index (χ2n) is 4.01. The first-order valence-corrected chi connectivity index (χ1v) is 5.42. The molecule has 2 aliphatic rings. The third kappa shape index (κ3) is 2.38. The second-order valence-corrected chi connectivity index (χ2v) is 4.01. The average molecular weight is 226 g/mol. The van der Waals surface area contributed by atoms with Crippen LogP contribution in [0.4, 0.5) is 0 Å². The van der Waals surface area contributed by atoms with Gasteiger partial charge in [0.15, 0.2) is 0 Å². The van der Waals surface area contributed by atoms with Crippen molar-refractivity contribution in [1.29, 1.82) is 0 Å². The summed E-state index contributed by atoms with van der Waals surface area (Å²) in [5.41, 5.74) is 0. The minimum Gasteiger partial charge on any atom is -0.368 e. The summed E-state index contributed by atoms with van der Waals surface area (Å²) in [7, 11) is 0. The van der Waals surface area contributed by atoms with E-state index in [-0.39, 0.29) is 18.2 Å². The lowest BCUT2D eigenvalue weighted by Crippen LogP contribution is -2.54. The molecule has 0 bridgehead atoms. The van der Waals surface area contributed by atoms with Gasteiger partial charge in [-0.05, 0) is 19.3 Å². The van der Waals surface area contributed by atoms with Crippen LogP contribution in [0.15, 0.2) is 0 Å². The van der Waals surface area contributed by atoms with Gasteiger partial charge in [0, 0.05) is 13.0 Å². The van der Waals surface area contributed by atoms with Crippen molar-refractivity contribution in [3.05, 3.63) is 0 Å². The summed E-state index contributed by atoms with van der Waals surface area (Å²) >= 11 is 0. The van der Waals surface area contributed by atoms with Crippen molar-refractivity contribution in [2.24, 2.45) is 0 Å². The zero-order valence-electron chi connectivity index (χ0n) is 8.82. The predicted octanol–water partition coefficient (Wildman–Crippen LogP) is -0.913. The standard InChI is InChI=1S/C10H14N2O4/c13-8-4-3-6(9(14)12-8)11-10(15)7-2-1-5-16-7/h6-7H,1-5H2,(H,11,15)(H,12,13,14)/t6?,7-/m1/s1. The molecule has 88 valence electrons. The van der Waals surface area contributed by atoms with Gasteiger partial charge in [0.05, 0.1) is 0 Å². The molecule has 0 aromatic heterocycles. The van der Waals surface area contributed by atoms with E-state index in [0.29, 0.717) is 19.4 Å². The SMILES string of the molecule is O=C1CCC(NC(=O)[C@H]2CCCO2)C(=O)N1. The predicted molar refractivity (Wildman–Crippen MR) is 53.3 cm³/mol. The van der Waals surface area contributed by atoms with Gasteiger partial charge in [-0.3, -0.25) is 19.7 Å². The van der Waals surface area contributed by atoms with E-state index in [2.05, 4.69) is 10.6 Å². The second kappa shape index (κ2) is 4.61. The summed E-state index contributed by atoms with van der Waals surface area (Å²) in [4.78, 5) is 33.9. The topological polar surface area (TPSA) is 84.5 Å². The third-order valence-corrected chi connectivity index (χ3v) is 2.78. The highest BCUT2D eigenvalue weighted by molar-refractivity contribution is 6.01. The van der Waals surface area contributed by atoms with Gasteiger partial charge in [0.1, 0.15) is 12.1 Å². The Hall–Kier alpha value is -1.43. The van der Waals surface area contributed by atoms with Gasteiger partial charge >= 0.3 is 0 Å². The molecular formula is C10H14N2O4. The number of hydrogen-bond donors (Lipinski definition) is 2. The molecule has 16 heavy (non-hydrogen) atoms. The minimum atomic E-state index is -0.602. The van der Waals surface area contributed by atoms with Crippen molar-refractivity contribution in [2.75, 3.05) is 6.61 Å². The fraction of sp³-hybridized carbons (Fsp3) is 0.700. The molecule has 3 amide bonds. The van der Waals surface area contributed by atoms with Gasteiger partial charge in [-0.1, -0.05) is 0 Å². The Morgan fingerprint density at radius 1 is 1.38 bits per heavy atom. The fourth-order valence-electron chi connectivity index (χ4n) is 1.88. The highest BCUT2D eigenvalue weighted by atomic mass is 16.5. The number of hydrogen-bond acceptors (Lipinski definition) is 4. The molecule has 2 heterocycles. The van der Waals surface area contributed by atoms with Crippen LogP contribution in [0, 0.1) is 0 Å². The van der Waals surface area contributed by atoms with Crippen LogP contribution >= 0.6 is 0 Å². The van der Waals surface area contributed by atoms with Crippen molar-refractivity contribution >= 4 is 17.7 Å². The van der Waals surface area contributed by atoms with Crippen molar-refractivity contribution < 1.29 is 19.1 Å². The first-order valence-electron chi connectivity index (χ1n) is 5.42. The molecule has 2 saturated heterocycles. The largest absolute Gasteiger partial charge is 0.368 e.